The van der Waals surface area contributed by atoms with Crippen LogP contribution in [0.15, 0.2) is 41.2 Å². The number of hydrogen-bond donors (Lipinski definition) is 3. The SMILES string of the molecule is Cc1cnccc1-c1noc(-c2ccc3c(c2)NNN3CC(C)(C)O)n1. The highest BCUT2D eigenvalue weighted by atomic mass is 16.5. The Morgan fingerprint density at radius 2 is 2.12 bits per heavy atom. The van der Waals surface area contributed by atoms with Gasteiger partial charge in [-0.05, 0) is 50.6 Å². The average Bonchev–Trinajstić information content (AvgIpc) is 3.21. The van der Waals surface area contributed by atoms with E-state index in [0.717, 1.165) is 28.1 Å². The molecule has 134 valence electrons. The molecule has 1 aliphatic rings. The van der Waals surface area contributed by atoms with E-state index in [9.17, 15) is 5.11 Å². The smallest absolute Gasteiger partial charge is 0.258 e. The molecule has 0 amide bonds. The van der Waals surface area contributed by atoms with Crippen molar-refractivity contribution in [2.45, 2.75) is 26.4 Å². The maximum absolute atomic E-state index is 10.0. The predicted octanol–water partition coefficient (Wildman–Crippen LogP) is 2.53. The number of aryl methyl sites for hydroxylation is 1. The Bertz CT molecular complexity index is 947. The third-order valence-electron chi connectivity index (χ3n) is 4.09. The van der Waals surface area contributed by atoms with E-state index in [2.05, 4.69) is 26.1 Å². The Labute approximate surface area is 150 Å². The largest absolute Gasteiger partial charge is 0.389 e. The average molecular weight is 352 g/mol. The summed E-state index contributed by atoms with van der Waals surface area (Å²) < 4.78 is 5.44. The number of aromatic nitrogens is 3. The standard InChI is InChI=1S/C18H20N6O2/c1-11-9-19-7-6-13(11)16-20-17(26-22-16)12-4-5-15-14(8-12)21-23-24(15)10-18(2,3)25/h4-9,21,23,25H,10H2,1-3H3. The molecule has 1 aliphatic heterocycles. The van der Waals surface area contributed by atoms with Gasteiger partial charge in [0.2, 0.25) is 5.82 Å². The Hall–Kier alpha value is -2.97. The molecular weight excluding hydrogens is 332 g/mol. The van der Waals surface area contributed by atoms with Crippen LogP contribution in [0.2, 0.25) is 0 Å². The summed E-state index contributed by atoms with van der Waals surface area (Å²) in [5.74, 6) is 0.983. The summed E-state index contributed by atoms with van der Waals surface area (Å²) in [6.45, 7) is 5.93. The number of hydrogen-bond acceptors (Lipinski definition) is 8. The van der Waals surface area contributed by atoms with Gasteiger partial charge in [-0.3, -0.25) is 9.99 Å². The molecular formula is C18H20N6O2. The third-order valence-corrected chi connectivity index (χ3v) is 4.09. The van der Waals surface area contributed by atoms with Crippen LogP contribution in [-0.4, -0.2) is 32.4 Å². The van der Waals surface area contributed by atoms with Crippen LogP contribution in [0.5, 0.6) is 0 Å². The van der Waals surface area contributed by atoms with Gasteiger partial charge in [0.1, 0.15) is 0 Å². The lowest BCUT2D eigenvalue weighted by molar-refractivity contribution is 0.0858. The van der Waals surface area contributed by atoms with Crippen LogP contribution in [0.1, 0.15) is 19.4 Å². The van der Waals surface area contributed by atoms with E-state index in [4.69, 9.17) is 4.52 Å². The first-order valence-corrected chi connectivity index (χ1v) is 8.31. The number of nitrogens with zero attached hydrogens (tertiary/aromatic N) is 4. The lowest BCUT2D eigenvalue weighted by Crippen LogP contribution is -2.45. The molecule has 3 heterocycles. The predicted molar refractivity (Wildman–Crippen MR) is 98.1 cm³/mol. The highest BCUT2D eigenvalue weighted by Crippen LogP contribution is 2.34. The molecule has 0 unspecified atom stereocenters. The summed E-state index contributed by atoms with van der Waals surface area (Å²) >= 11 is 0. The molecule has 0 spiro atoms. The molecule has 3 aromatic rings. The van der Waals surface area contributed by atoms with Crippen LogP contribution in [0.3, 0.4) is 0 Å². The molecule has 0 aliphatic carbocycles. The van der Waals surface area contributed by atoms with Crippen molar-refractivity contribution in [2.24, 2.45) is 0 Å². The Morgan fingerprint density at radius 1 is 1.27 bits per heavy atom. The molecule has 0 atom stereocenters. The van der Waals surface area contributed by atoms with Gasteiger partial charge in [0.25, 0.3) is 5.89 Å². The molecule has 0 fully saturated rings. The first-order chi connectivity index (χ1) is 12.4. The van der Waals surface area contributed by atoms with Gasteiger partial charge in [-0.15, -0.1) is 5.53 Å². The lowest BCUT2D eigenvalue weighted by atomic mass is 10.1. The number of pyridine rings is 1. The topological polar surface area (TPSA) is 99.3 Å². The van der Waals surface area contributed by atoms with Gasteiger partial charge >= 0.3 is 0 Å². The third kappa shape index (κ3) is 3.12. The molecule has 8 heteroatoms. The molecule has 3 N–H and O–H groups in total. The zero-order valence-corrected chi connectivity index (χ0v) is 14.8. The van der Waals surface area contributed by atoms with Gasteiger partial charge in [0, 0.05) is 23.5 Å². The highest BCUT2D eigenvalue weighted by Gasteiger charge is 2.25. The van der Waals surface area contributed by atoms with Gasteiger partial charge in [-0.1, -0.05) is 5.16 Å². The molecule has 0 bridgehead atoms. The zero-order chi connectivity index (χ0) is 18.3. The minimum Gasteiger partial charge on any atom is -0.389 e. The highest BCUT2D eigenvalue weighted by molar-refractivity contribution is 5.78. The van der Waals surface area contributed by atoms with E-state index in [1.54, 1.807) is 26.2 Å². The number of anilines is 2. The van der Waals surface area contributed by atoms with Crippen LogP contribution < -0.4 is 16.0 Å². The molecule has 26 heavy (non-hydrogen) atoms. The molecule has 0 radical (unpaired) electrons. The van der Waals surface area contributed by atoms with Gasteiger partial charge in [0.15, 0.2) is 0 Å². The van der Waals surface area contributed by atoms with Crippen LogP contribution in [0.4, 0.5) is 11.4 Å². The maximum atomic E-state index is 10.0. The molecule has 0 saturated carbocycles. The number of fused-ring (bicyclic) bond motifs is 1. The molecule has 1 aromatic carbocycles. The fourth-order valence-electron chi connectivity index (χ4n) is 2.88. The van der Waals surface area contributed by atoms with Crippen molar-refractivity contribution in [3.8, 4) is 22.8 Å². The van der Waals surface area contributed by atoms with Crippen molar-refractivity contribution in [3.05, 3.63) is 42.2 Å². The van der Waals surface area contributed by atoms with Gasteiger partial charge in [0.05, 0.1) is 23.5 Å². The summed E-state index contributed by atoms with van der Waals surface area (Å²) in [5.41, 5.74) is 9.85. The van der Waals surface area contributed by atoms with Gasteiger partial charge in [-0.2, -0.15) is 4.98 Å². The van der Waals surface area contributed by atoms with E-state index >= 15 is 0 Å². The van der Waals surface area contributed by atoms with Gasteiger partial charge < -0.3 is 15.1 Å². The van der Waals surface area contributed by atoms with Crippen LogP contribution >= 0.6 is 0 Å². The summed E-state index contributed by atoms with van der Waals surface area (Å²) in [6.07, 6.45) is 3.48. The fourth-order valence-corrected chi connectivity index (χ4v) is 2.88. The van der Waals surface area contributed by atoms with Crippen molar-refractivity contribution in [1.82, 2.24) is 20.7 Å². The first-order valence-electron chi connectivity index (χ1n) is 8.31. The molecule has 0 saturated heterocycles. The second-order valence-electron chi connectivity index (χ2n) is 6.98. The van der Waals surface area contributed by atoms with E-state index in [-0.39, 0.29) is 0 Å². The number of aliphatic hydroxyl groups is 1. The summed E-state index contributed by atoms with van der Waals surface area (Å²) in [7, 11) is 0. The Morgan fingerprint density at radius 3 is 2.88 bits per heavy atom. The van der Waals surface area contributed by atoms with E-state index in [1.807, 2.05) is 36.2 Å². The second-order valence-corrected chi connectivity index (χ2v) is 6.98. The summed E-state index contributed by atoms with van der Waals surface area (Å²) in [5, 5.41) is 16.0. The van der Waals surface area contributed by atoms with E-state index in [1.165, 1.54) is 0 Å². The van der Waals surface area contributed by atoms with Crippen LogP contribution in [0.25, 0.3) is 22.8 Å². The van der Waals surface area contributed by atoms with Gasteiger partial charge in [-0.25, -0.2) is 0 Å². The Balaban J connectivity index is 1.62. The summed E-state index contributed by atoms with van der Waals surface area (Å²) in [4.78, 5) is 8.59. The van der Waals surface area contributed by atoms with E-state index < -0.39 is 5.60 Å². The minimum atomic E-state index is -0.821. The quantitative estimate of drug-likeness (QED) is 0.659. The second kappa shape index (κ2) is 6.08. The first kappa shape index (κ1) is 16.5. The number of nitrogens with one attached hydrogen (secondary N) is 2. The number of hydrazine groups is 2. The maximum Gasteiger partial charge on any atom is 0.258 e. The molecule has 2 aromatic heterocycles. The van der Waals surface area contributed by atoms with Crippen LogP contribution in [-0.2, 0) is 0 Å². The van der Waals surface area contributed by atoms with Crippen molar-refractivity contribution < 1.29 is 9.63 Å². The van der Waals surface area contributed by atoms with Crippen LogP contribution in [0, 0.1) is 6.92 Å². The number of β-amino-alcohol motifs (C(OH)–C–C–N with tert-alkyl or cyclic N) is 1. The number of rotatable bonds is 4. The van der Waals surface area contributed by atoms with Crippen molar-refractivity contribution in [1.29, 1.82) is 0 Å². The van der Waals surface area contributed by atoms with Crippen molar-refractivity contribution in [3.63, 3.8) is 0 Å². The number of benzene rings is 1. The molecule has 8 nitrogen and oxygen atoms in total. The van der Waals surface area contributed by atoms with Crippen molar-refractivity contribution >= 4 is 11.4 Å². The Kier molecular flexibility index (Phi) is 3.86. The zero-order valence-electron chi connectivity index (χ0n) is 14.8. The lowest BCUT2D eigenvalue weighted by Gasteiger charge is -2.26. The van der Waals surface area contributed by atoms with Crippen molar-refractivity contribution in [2.75, 3.05) is 17.0 Å². The normalized spacial score (nSPS) is 13.6. The van der Waals surface area contributed by atoms with E-state index in [0.29, 0.717) is 18.3 Å². The minimum absolute atomic E-state index is 0.443. The summed E-state index contributed by atoms with van der Waals surface area (Å²) in [6, 6.07) is 7.67. The fraction of sp³-hybridized carbons (Fsp3) is 0.278. The monoisotopic (exact) mass is 352 g/mol. The molecule has 4 rings (SSSR count).